The SMILES string of the molecule is CCOC(=O)COc1c(OC)cc(/C=N/NC(=O)c2ccc(COc3ccc(-n4c(C)ccc4C)cc3)o2)cc1OC. The number of hydrogen-bond donors (Lipinski definition) is 1. The summed E-state index contributed by atoms with van der Waals surface area (Å²) in [6.07, 6.45) is 1.41. The number of benzene rings is 2. The van der Waals surface area contributed by atoms with Gasteiger partial charge in [-0.05, 0) is 81.4 Å². The monoisotopic (exact) mass is 575 g/mol. The van der Waals surface area contributed by atoms with Gasteiger partial charge in [0.15, 0.2) is 23.9 Å². The molecule has 2 heterocycles. The number of hydrogen-bond acceptors (Lipinski definition) is 9. The van der Waals surface area contributed by atoms with Crippen molar-refractivity contribution >= 4 is 18.1 Å². The third-order valence-electron chi connectivity index (χ3n) is 6.13. The number of carbonyl (C=O) groups is 2. The number of aryl methyl sites for hydroxylation is 2. The predicted molar refractivity (Wildman–Crippen MR) is 155 cm³/mol. The molecule has 0 unspecified atom stereocenters. The lowest BCUT2D eigenvalue weighted by atomic mass is 10.2. The van der Waals surface area contributed by atoms with E-state index < -0.39 is 11.9 Å². The first-order valence-electron chi connectivity index (χ1n) is 13.2. The fraction of sp³-hybridized carbons (Fsp3) is 0.258. The highest BCUT2D eigenvalue weighted by Crippen LogP contribution is 2.38. The molecule has 220 valence electrons. The average molecular weight is 576 g/mol. The summed E-state index contributed by atoms with van der Waals surface area (Å²) in [4.78, 5) is 24.2. The number of rotatable bonds is 13. The molecule has 0 radical (unpaired) electrons. The van der Waals surface area contributed by atoms with Crippen LogP contribution in [-0.2, 0) is 16.1 Å². The summed E-state index contributed by atoms with van der Waals surface area (Å²) < 4.78 is 34.8. The van der Waals surface area contributed by atoms with Crippen molar-refractivity contribution in [3.05, 3.63) is 89.1 Å². The second kappa shape index (κ2) is 13.9. The van der Waals surface area contributed by atoms with Gasteiger partial charge in [0.25, 0.3) is 0 Å². The molecule has 0 aliphatic carbocycles. The fourth-order valence-corrected chi connectivity index (χ4v) is 4.17. The van der Waals surface area contributed by atoms with Crippen LogP contribution in [0.3, 0.4) is 0 Å². The lowest BCUT2D eigenvalue weighted by molar-refractivity contribution is -0.145. The van der Waals surface area contributed by atoms with Crippen LogP contribution in [0, 0.1) is 13.8 Å². The van der Waals surface area contributed by atoms with Crippen molar-refractivity contribution in [2.75, 3.05) is 27.4 Å². The van der Waals surface area contributed by atoms with Crippen LogP contribution in [0.4, 0.5) is 0 Å². The van der Waals surface area contributed by atoms with E-state index in [-0.39, 0.29) is 31.3 Å². The van der Waals surface area contributed by atoms with Crippen molar-refractivity contribution in [2.24, 2.45) is 5.10 Å². The lowest BCUT2D eigenvalue weighted by Gasteiger charge is -2.14. The molecule has 0 bridgehead atoms. The van der Waals surface area contributed by atoms with E-state index >= 15 is 0 Å². The van der Waals surface area contributed by atoms with Crippen molar-refractivity contribution in [1.82, 2.24) is 9.99 Å². The molecule has 1 amide bonds. The second-order valence-corrected chi connectivity index (χ2v) is 9.05. The largest absolute Gasteiger partial charge is 0.493 e. The number of hydrazone groups is 1. The lowest BCUT2D eigenvalue weighted by Crippen LogP contribution is -2.17. The van der Waals surface area contributed by atoms with E-state index in [9.17, 15) is 9.59 Å². The van der Waals surface area contributed by atoms with Crippen LogP contribution >= 0.6 is 0 Å². The molecule has 42 heavy (non-hydrogen) atoms. The van der Waals surface area contributed by atoms with Gasteiger partial charge in [-0.25, -0.2) is 10.2 Å². The molecule has 0 aliphatic heterocycles. The first kappa shape index (κ1) is 29.8. The van der Waals surface area contributed by atoms with Gasteiger partial charge >= 0.3 is 11.9 Å². The van der Waals surface area contributed by atoms with Crippen molar-refractivity contribution in [3.63, 3.8) is 0 Å². The zero-order valence-corrected chi connectivity index (χ0v) is 24.1. The Bertz CT molecular complexity index is 1510. The summed E-state index contributed by atoms with van der Waals surface area (Å²) in [6, 6.07) is 18.4. The number of esters is 1. The number of furan rings is 1. The van der Waals surface area contributed by atoms with Crippen LogP contribution in [-0.4, -0.2) is 50.1 Å². The molecular formula is C31H33N3O8. The minimum absolute atomic E-state index is 0.0810. The highest BCUT2D eigenvalue weighted by Gasteiger charge is 2.16. The van der Waals surface area contributed by atoms with Crippen LogP contribution in [0.2, 0.25) is 0 Å². The molecule has 0 spiro atoms. The van der Waals surface area contributed by atoms with E-state index in [2.05, 4.69) is 41.1 Å². The Morgan fingerprint density at radius 3 is 2.21 bits per heavy atom. The first-order valence-corrected chi connectivity index (χ1v) is 13.2. The Morgan fingerprint density at radius 2 is 1.60 bits per heavy atom. The van der Waals surface area contributed by atoms with Crippen molar-refractivity contribution < 1.29 is 37.7 Å². The number of nitrogens with one attached hydrogen (secondary N) is 1. The van der Waals surface area contributed by atoms with E-state index in [1.807, 2.05) is 24.3 Å². The minimum atomic E-state index is -0.535. The number of amides is 1. The van der Waals surface area contributed by atoms with Crippen LogP contribution in [0.15, 0.2) is 70.2 Å². The topological polar surface area (TPSA) is 123 Å². The Labute approximate surface area is 243 Å². The van der Waals surface area contributed by atoms with Crippen molar-refractivity contribution in [2.45, 2.75) is 27.4 Å². The summed E-state index contributed by atoms with van der Waals surface area (Å²) in [5.41, 5.74) is 6.34. The summed E-state index contributed by atoms with van der Waals surface area (Å²) >= 11 is 0. The minimum Gasteiger partial charge on any atom is -0.493 e. The smallest absolute Gasteiger partial charge is 0.344 e. The molecule has 2 aromatic heterocycles. The maximum atomic E-state index is 12.6. The standard InChI is InChI=1S/C31H33N3O8/c1-6-39-29(35)19-41-30-27(37-4)15-22(16-28(30)38-5)17-32-33-31(36)26-14-13-25(42-26)18-40-24-11-9-23(10-12-24)34-20(2)7-8-21(34)3/h7-17H,6,18-19H2,1-5H3,(H,33,36)/b32-17+. The number of carbonyl (C=O) groups excluding carboxylic acids is 2. The van der Waals surface area contributed by atoms with E-state index in [4.69, 9.17) is 28.1 Å². The summed E-state index contributed by atoms with van der Waals surface area (Å²) in [7, 11) is 2.90. The van der Waals surface area contributed by atoms with Gasteiger partial charge in [-0.2, -0.15) is 5.10 Å². The zero-order chi connectivity index (χ0) is 30.1. The first-order chi connectivity index (χ1) is 20.3. The number of nitrogens with zero attached hydrogens (tertiary/aromatic N) is 2. The van der Waals surface area contributed by atoms with Gasteiger partial charge in [0.2, 0.25) is 5.75 Å². The third kappa shape index (κ3) is 7.30. The number of ether oxygens (including phenoxy) is 5. The maximum absolute atomic E-state index is 12.6. The third-order valence-corrected chi connectivity index (χ3v) is 6.13. The Kier molecular flexibility index (Phi) is 9.88. The molecule has 11 nitrogen and oxygen atoms in total. The molecule has 0 atom stereocenters. The van der Waals surface area contributed by atoms with Crippen LogP contribution in [0.5, 0.6) is 23.0 Å². The van der Waals surface area contributed by atoms with E-state index in [0.717, 1.165) is 17.1 Å². The van der Waals surface area contributed by atoms with Gasteiger partial charge in [-0.3, -0.25) is 4.79 Å². The molecule has 1 N–H and O–H groups in total. The normalized spacial score (nSPS) is 10.9. The zero-order valence-electron chi connectivity index (χ0n) is 24.1. The van der Waals surface area contributed by atoms with Gasteiger partial charge in [0.1, 0.15) is 18.1 Å². The number of methoxy groups -OCH3 is 2. The van der Waals surface area contributed by atoms with Crippen molar-refractivity contribution in [3.8, 4) is 28.7 Å². The van der Waals surface area contributed by atoms with Crippen LogP contribution < -0.4 is 24.4 Å². The maximum Gasteiger partial charge on any atom is 0.344 e. The molecule has 2 aromatic carbocycles. The van der Waals surface area contributed by atoms with E-state index in [1.165, 1.54) is 20.4 Å². The molecule has 0 saturated heterocycles. The molecule has 0 fully saturated rings. The van der Waals surface area contributed by atoms with Crippen LogP contribution in [0.1, 0.15) is 40.2 Å². The highest BCUT2D eigenvalue weighted by atomic mass is 16.6. The van der Waals surface area contributed by atoms with Crippen molar-refractivity contribution in [1.29, 1.82) is 0 Å². The van der Waals surface area contributed by atoms with E-state index in [1.54, 1.807) is 31.2 Å². The van der Waals surface area contributed by atoms with Gasteiger partial charge in [-0.15, -0.1) is 0 Å². The molecule has 11 heteroatoms. The number of aromatic nitrogens is 1. The summed E-state index contributed by atoms with van der Waals surface area (Å²) in [5, 5.41) is 4.00. The van der Waals surface area contributed by atoms with E-state index in [0.29, 0.717) is 28.6 Å². The fourth-order valence-electron chi connectivity index (χ4n) is 4.17. The summed E-state index contributed by atoms with van der Waals surface area (Å²) in [6.45, 7) is 5.92. The van der Waals surface area contributed by atoms with Gasteiger partial charge < -0.3 is 32.7 Å². The van der Waals surface area contributed by atoms with Gasteiger partial charge in [0.05, 0.1) is 27.0 Å². The molecule has 0 saturated carbocycles. The average Bonchev–Trinajstić information content (AvgIpc) is 3.61. The molecule has 4 rings (SSSR count). The predicted octanol–water partition coefficient (Wildman–Crippen LogP) is 4.99. The van der Waals surface area contributed by atoms with Gasteiger partial charge in [-0.1, -0.05) is 0 Å². The second-order valence-electron chi connectivity index (χ2n) is 9.05. The summed E-state index contributed by atoms with van der Waals surface area (Å²) in [5.74, 6) is 1.05. The Morgan fingerprint density at radius 1 is 0.929 bits per heavy atom. The van der Waals surface area contributed by atoms with Crippen LogP contribution in [0.25, 0.3) is 5.69 Å². The molecule has 4 aromatic rings. The quantitative estimate of drug-likeness (QED) is 0.134. The highest BCUT2D eigenvalue weighted by molar-refractivity contribution is 5.92. The van der Waals surface area contributed by atoms with Gasteiger partial charge in [0, 0.05) is 22.6 Å². The molecule has 0 aliphatic rings. The molecular weight excluding hydrogens is 542 g/mol. The Balaban J connectivity index is 1.33. The Hall–Kier alpha value is -5.19.